The van der Waals surface area contributed by atoms with Crippen molar-refractivity contribution < 1.29 is 9.18 Å². The molecule has 0 spiro atoms. The van der Waals surface area contributed by atoms with Gasteiger partial charge in [0.25, 0.3) is 5.56 Å². The topological polar surface area (TPSA) is 103 Å². The predicted molar refractivity (Wildman–Crippen MR) is 101 cm³/mol. The van der Waals surface area contributed by atoms with Crippen molar-refractivity contribution in [3.63, 3.8) is 0 Å². The first-order chi connectivity index (χ1) is 13.4. The maximum atomic E-state index is 14.7. The maximum Gasteiger partial charge on any atom is 0.332 e. The molecule has 0 fully saturated rings. The molecular formula is C18H19FN6O3. The van der Waals surface area contributed by atoms with E-state index in [0.29, 0.717) is 25.1 Å². The van der Waals surface area contributed by atoms with Crippen LogP contribution in [0.5, 0.6) is 0 Å². The Kier molecular flexibility index (Phi) is 4.34. The summed E-state index contributed by atoms with van der Waals surface area (Å²) in [6.07, 6.45) is 1.88. The maximum absolute atomic E-state index is 14.7. The van der Waals surface area contributed by atoms with E-state index in [1.165, 1.54) is 35.6 Å². The van der Waals surface area contributed by atoms with E-state index in [1.807, 2.05) is 0 Å². The van der Waals surface area contributed by atoms with E-state index >= 15 is 0 Å². The highest BCUT2D eigenvalue weighted by molar-refractivity contribution is 5.91. The number of rotatable bonds is 3. The summed E-state index contributed by atoms with van der Waals surface area (Å²) in [6.45, 7) is 1.05. The number of halogens is 1. The average molecular weight is 386 g/mol. The summed E-state index contributed by atoms with van der Waals surface area (Å²) in [5.74, 6) is -0.927. The van der Waals surface area contributed by atoms with Crippen LogP contribution in [-0.2, 0) is 38.4 Å². The first-order valence-corrected chi connectivity index (χ1v) is 8.80. The number of carbonyl (C=O) groups is 1. The molecular weight excluding hydrogens is 367 g/mol. The lowest BCUT2D eigenvalue weighted by Crippen LogP contribution is -2.37. The Hall–Kier alpha value is -3.27. The number of fused-ring (bicyclic) bond motifs is 2. The van der Waals surface area contributed by atoms with Crippen LogP contribution in [0, 0.1) is 5.82 Å². The van der Waals surface area contributed by atoms with E-state index < -0.39 is 23.0 Å². The van der Waals surface area contributed by atoms with Crippen LogP contribution in [-0.4, -0.2) is 31.1 Å². The third-order valence-corrected chi connectivity index (χ3v) is 5.01. The smallest absolute Gasteiger partial charge is 0.322 e. The zero-order valence-corrected chi connectivity index (χ0v) is 15.5. The molecule has 28 heavy (non-hydrogen) atoms. The summed E-state index contributed by atoms with van der Waals surface area (Å²) in [5.41, 5.74) is 0.870. The molecule has 3 aromatic rings. The lowest BCUT2D eigenvalue weighted by Gasteiger charge is -2.19. The van der Waals surface area contributed by atoms with Crippen LogP contribution >= 0.6 is 0 Å². The van der Waals surface area contributed by atoms with Crippen LogP contribution in [0.15, 0.2) is 28.0 Å². The fourth-order valence-electron chi connectivity index (χ4n) is 3.49. The van der Waals surface area contributed by atoms with Crippen LogP contribution < -0.4 is 21.9 Å². The third kappa shape index (κ3) is 2.82. The zero-order chi connectivity index (χ0) is 20.0. The lowest BCUT2D eigenvalue weighted by atomic mass is 9.99. The molecule has 1 aromatic carbocycles. The molecule has 0 radical (unpaired) electrons. The number of imidazole rings is 1. The second kappa shape index (κ2) is 6.71. The number of benzene rings is 1. The highest BCUT2D eigenvalue weighted by Crippen LogP contribution is 2.24. The van der Waals surface area contributed by atoms with Gasteiger partial charge in [-0.15, -0.1) is 0 Å². The summed E-state index contributed by atoms with van der Waals surface area (Å²) >= 11 is 0. The van der Waals surface area contributed by atoms with Gasteiger partial charge in [-0.2, -0.15) is 0 Å². The Labute approximate surface area is 158 Å². The van der Waals surface area contributed by atoms with Gasteiger partial charge in [0.05, 0.1) is 12.0 Å². The second-order valence-corrected chi connectivity index (χ2v) is 6.79. The fraction of sp³-hybridized carbons (Fsp3) is 0.333. The van der Waals surface area contributed by atoms with E-state index in [9.17, 15) is 18.8 Å². The minimum Gasteiger partial charge on any atom is -0.322 e. The quantitative estimate of drug-likeness (QED) is 0.652. The number of nitrogens with zero attached hydrogens (tertiary/aromatic N) is 4. The minimum absolute atomic E-state index is 0.107. The molecule has 10 heteroatoms. The largest absolute Gasteiger partial charge is 0.332 e. The van der Waals surface area contributed by atoms with Gasteiger partial charge in [0.15, 0.2) is 11.2 Å². The summed E-state index contributed by atoms with van der Waals surface area (Å²) in [4.78, 5) is 41.0. The summed E-state index contributed by atoms with van der Waals surface area (Å²) in [7, 11) is 2.86. The standard InChI is InChI=1S/C18H19FN6O3/c1-23-16-15(17(27)24(2)18(23)28)25(9-21-16)8-13(26)22-12-4-3-10-7-20-6-5-11(10)14(12)19/h3-4,9,20H,5-8H2,1-2H3,(H,22,26). The highest BCUT2D eigenvalue weighted by atomic mass is 19.1. The third-order valence-electron chi connectivity index (χ3n) is 5.01. The number of aryl methyl sites for hydroxylation is 1. The summed E-state index contributed by atoms with van der Waals surface area (Å²) in [5, 5.41) is 5.74. The zero-order valence-electron chi connectivity index (χ0n) is 15.5. The molecule has 4 rings (SSSR count). The van der Waals surface area contributed by atoms with Gasteiger partial charge in [0.1, 0.15) is 12.4 Å². The number of nitrogens with one attached hydrogen (secondary N) is 2. The molecule has 0 bridgehead atoms. The average Bonchev–Trinajstić information content (AvgIpc) is 3.10. The molecule has 0 atom stereocenters. The van der Waals surface area contributed by atoms with Gasteiger partial charge >= 0.3 is 5.69 Å². The first kappa shape index (κ1) is 18.1. The SMILES string of the molecule is Cn1c(=O)c2c(ncn2CC(=O)Nc2ccc3c(c2F)CCNC3)n(C)c1=O. The number of carbonyl (C=O) groups excluding carboxylic acids is 1. The Morgan fingerprint density at radius 2 is 2.07 bits per heavy atom. The monoisotopic (exact) mass is 386 g/mol. The van der Waals surface area contributed by atoms with E-state index in [-0.39, 0.29) is 23.4 Å². The van der Waals surface area contributed by atoms with Crippen LogP contribution in [0.1, 0.15) is 11.1 Å². The molecule has 0 unspecified atom stereocenters. The molecule has 1 aliphatic heterocycles. The van der Waals surface area contributed by atoms with Crippen molar-refractivity contribution in [1.29, 1.82) is 0 Å². The Bertz CT molecular complexity index is 1220. The highest BCUT2D eigenvalue weighted by Gasteiger charge is 2.19. The van der Waals surface area contributed by atoms with Gasteiger partial charge in [0.2, 0.25) is 5.91 Å². The van der Waals surface area contributed by atoms with E-state index in [2.05, 4.69) is 15.6 Å². The van der Waals surface area contributed by atoms with Crippen LogP contribution in [0.2, 0.25) is 0 Å². The van der Waals surface area contributed by atoms with Crippen molar-refractivity contribution in [3.05, 3.63) is 56.2 Å². The van der Waals surface area contributed by atoms with Gasteiger partial charge in [-0.3, -0.25) is 18.7 Å². The molecule has 1 amide bonds. The van der Waals surface area contributed by atoms with Gasteiger partial charge < -0.3 is 15.2 Å². The van der Waals surface area contributed by atoms with Crippen molar-refractivity contribution in [2.75, 3.05) is 11.9 Å². The molecule has 2 N–H and O–H groups in total. The molecule has 9 nitrogen and oxygen atoms in total. The number of hydrogen-bond donors (Lipinski definition) is 2. The van der Waals surface area contributed by atoms with E-state index in [1.54, 1.807) is 6.07 Å². The Morgan fingerprint density at radius 3 is 2.86 bits per heavy atom. The van der Waals surface area contributed by atoms with Crippen molar-refractivity contribution >= 4 is 22.8 Å². The molecule has 146 valence electrons. The molecule has 0 saturated carbocycles. The normalized spacial score (nSPS) is 13.5. The molecule has 2 aromatic heterocycles. The van der Waals surface area contributed by atoms with Crippen molar-refractivity contribution in [1.82, 2.24) is 24.0 Å². The Morgan fingerprint density at radius 1 is 1.29 bits per heavy atom. The predicted octanol–water partition coefficient (Wildman–Crippen LogP) is -0.143. The molecule has 3 heterocycles. The lowest BCUT2D eigenvalue weighted by molar-refractivity contribution is -0.116. The molecule has 1 aliphatic rings. The summed E-state index contributed by atoms with van der Waals surface area (Å²) in [6, 6.07) is 3.33. The van der Waals surface area contributed by atoms with Gasteiger partial charge in [-0.05, 0) is 30.2 Å². The fourth-order valence-corrected chi connectivity index (χ4v) is 3.49. The second-order valence-electron chi connectivity index (χ2n) is 6.79. The van der Waals surface area contributed by atoms with E-state index in [0.717, 1.165) is 10.1 Å². The number of hydrogen-bond acceptors (Lipinski definition) is 5. The number of amides is 1. The van der Waals surface area contributed by atoms with Gasteiger partial charge in [-0.25, -0.2) is 14.2 Å². The van der Waals surface area contributed by atoms with Crippen LogP contribution in [0.25, 0.3) is 11.2 Å². The van der Waals surface area contributed by atoms with Crippen molar-refractivity contribution in [2.24, 2.45) is 14.1 Å². The van der Waals surface area contributed by atoms with Gasteiger partial charge in [0, 0.05) is 20.6 Å². The summed E-state index contributed by atoms with van der Waals surface area (Å²) < 4.78 is 18.3. The number of aromatic nitrogens is 4. The Balaban J connectivity index is 1.64. The van der Waals surface area contributed by atoms with Gasteiger partial charge in [-0.1, -0.05) is 6.07 Å². The van der Waals surface area contributed by atoms with Crippen LogP contribution in [0.4, 0.5) is 10.1 Å². The van der Waals surface area contributed by atoms with Crippen LogP contribution in [0.3, 0.4) is 0 Å². The van der Waals surface area contributed by atoms with Crippen molar-refractivity contribution in [3.8, 4) is 0 Å². The number of anilines is 1. The first-order valence-electron chi connectivity index (χ1n) is 8.80. The molecule has 0 aliphatic carbocycles. The van der Waals surface area contributed by atoms with E-state index in [4.69, 9.17) is 0 Å². The minimum atomic E-state index is -0.545. The van der Waals surface area contributed by atoms with Crippen molar-refractivity contribution in [2.45, 2.75) is 19.5 Å². The molecule has 0 saturated heterocycles.